The highest BCUT2D eigenvalue weighted by Crippen LogP contribution is 2.39. The number of carbonyl (C=O) groups excluding carboxylic acids is 5. The van der Waals surface area contributed by atoms with Crippen molar-refractivity contribution in [3.8, 4) is 0 Å². The standard InChI is InChI=1S/C47H36Cl2N4O6/c48-22-30(54)24-50-36-17-19-38(42-40(36)44(56)32-5-1-3-7-34(32)46(42)58)52-28-13-9-26(10-14-28)21-27-11-15-29(16-12-27)53-39-20-18-37(51-25-31(55)23-49)41-43(39)47(59)35-8-4-2-6-33(35)45(41)57/h1-20,30,50-54H,21-25H2. The van der Waals surface area contributed by atoms with Gasteiger partial charge in [0.2, 0.25) is 0 Å². The lowest BCUT2D eigenvalue weighted by molar-refractivity contribution is -0.115. The summed E-state index contributed by atoms with van der Waals surface area (Å²) in [6.07, 6.45) is -0.216. The van der Waals surface area contributed by atoms with Crippen LogP contribution in [0.5, 0.6) is 0 Å². The first-order valence-electron chi connectivity index (χ1n) is 18.9. The van der Waals surface area contributed by atoms with Crippen molar-refractivity contribution in [1.82, 2.24) is 0 Å². The van der Waals surface area contributed by atoms with Gasteiger partial charge in [0.25, 0.3) is 0 Å². The van der Waals surface area contributed by atoms with E-state index in [4.69, 9.17) is 23.2 Å². The number of carbonyl (C=O) groups is 5. The first kappa shape index (κ1) is 39.2. The molecule has 0 fully saturated rings. The predicted molar refractivity (Wildman–Crippen MR) is 231 cm³/mol. The Labute approximate surface area is 349 Å². The molecule has 0 amide bonds. The number of alkyl halides is 2. The third kappa shape index (κ3) is 7.73. The Balaban J connectivity index is 0.993. The normalized spacial score (nSPS) is 13.1. The molecule has 10 nitrogen and oxygen atoms in total. The molecule has 0 saturated carbocycles. The Hall–Kier alpha value is -6.59. The van der Waals surface area contributed by atoms with E-state index in [-0.39, 0.29) is 76.0 Å². The van der Waals surface area contributed by atoms with Crippen molar-refractivity contribution in [3.05, 3.63) is 177 Å². The van der Waals surface area contributed by atoms with Gasteiger partial charge in [-0.2, -0.15) is 0 Å². The summed E-state index contributed by atoms with van der Waals surface area (Å²) >= 11 is 11.5. The van der Waals surface area contributed by atoms with Gasteiger partial charge in [0.1, 0.15) is 0 Å². The van der Waals surface area contributed by atoms with Gasteiger partial charge in [0, 0.05) is 51.5 Å². The lowest BCUT2D eigenvalue weighted by Crippen LogP contribution is -2.26. The maximum absolute atomic E-state index is 13.9. The number of aliphatic hydroxyl groups is 1. The van der Waals surface area contributed by atoms with Crippen LogP contribution in [0.4, 0.5) is 34.1 Å². The first-order chi connectivity index (χ1) is 28.6. The van der Waals surface area contributed by atoms with Gasteiger partial charge in [-0.15, -0.1) is 23.2 Å². The number of rotatable bonds is 14. The Bertz CT molecular complexity index is 2680. The zero-order valence-corrected chi connectivity index (χ0v) is 32.9. The van der Waals surface area contributed by atoms with E-state index in [9.17, 15) is 29.1 Å². The molecule has 0 spiro atoms. The van der Waals surface area contributed by atoms with E-state index < -0.39 is 6.10 Å². The lowest BCUT2D eigenvalue weighted by atomic mass is 9.82. The molecule has 294 valence electrons. The zero-order valence-electron chi connectivity index (χ0n) is 31.4. The van der Waals surface area contributed by atoms with Crippen LogP contribution in [-0.2, 0) is 11.2 Å². The van der Waals surface area contributed by atoms with Gasteiger partial charge in [-0.05, 0) is 66.1 Å². The number of ketones is 5. The van der Waals surface area contributed by atoms with Crippen LogP contribution in [0.25, 0.3) is 0 Å². The lowest BCUT2D eigenvalue weighted by Gasteiger charge is -2.24. The number of hydrogen-bond donors (Lipinski definition) is 5. The fourth-order valence-corrected chi connectivity index (χ4v) is 7.63. The largest absolute Gasteiger partial charge is 0.390 e. The highest BCUT2D eigenvalue weighted by molar-refractivity contribution is 6.33. The van der Waals surface area contributed by atoms with Gasteiger partial charge >= 0.3 is 0 Å². The number of halogens is 2. The number of aliphatic hydroxyl groups excluding tert-OH is 1. The first-order valence-corrected chi connectivity index (χ1v) is 19.9. The fourth-order valence-electron chi connectivity index (χ4n) is 7.43. The molecule has 59 heavy (non-hydrogen) atoms. The maximum Gasteiger partial charge on any atom is 0.196 e. The van der Waals surface area contributed by atoms with Crippen molar-refractivity contribution in [2.75, 3.05) is 46.1 Å². The van der Waals surface area contributed by atoms with Crippen LogP contribution in [0.3, 0.4) is 0 Å². The van der Waals surface area contributed by atoms with Gasteiger partial charge in [-0.25, -0.2) is 0 Å². The average Bonchev–Trinajstić information content (AvgIpc) is 3.27. The number of fused-ring (bicyclic) bond motifs is 4. The summed E-state index contributed by atoms with van der Waals surface area (Å²) in [4.78, 5) is 67.2. The second-order valence-corrected chi connectivity index (χ2v) is 14.8. The van der Waals surface area contributed by atoms with Crippen molar-refractivity contribution in [2.24, 2.45) is 0 Å². The summed E-state index contributed by atoms with van der Waals surface area (Å²) in [6, 6.07) is 35.9. The number of benzene rings is 6. The highest BCUT2D eigenvalue weighted by Gasteiger charge is 2.35. The van der Waals surface area contributed by atoms with Crippen molar-refractivity contribution in [3.63, 3.8) is 0 Å². The molecule has 0 radical (unpaired) electrons. The van der Waals surface area contributed by atoms with Crippen LogP contribution in [0.2, 0.25) is 0 Å². The number of Topliss-reactive ketones (excluding diaryl/α,β-unsaturated/α-hetero) is 1. The van der Waals surface area contributed by atoms with Crippen LogP contribution >= 0.6 is 23.2 Å². The molecule has 2 aliphatic rings. The summed E-state index contributed by atoms with van der Waals surface area (Å²) < 4.78 is 0. The second kappa shape index (κ2) is 16.7. The molecule has 6 aromatic carbocycles. The summed E-state index contributed by atoms with van der Waals surface area (Å²) in [7, 11) is 0. The fraction of sp³-hybridized carbons (Fsp3) is 0.128. The van der Waals surface area contributed by atoms with Crippen molar-refractivity contribution in [2.45, 2.75) is 12.5 Å². The molecule has 12 heteroatoms. The van der Waals surface area contributed by atoms with Crippen molar-refractivity contribution >= 4 is 86.2 Å². The molecule has 0 heterocycles. The zero-order chi connectivity index (χ0) is 41.2. The molecule has 0 bridgehead atoms. The average molecular weight is 824 g/mol. The second-order valence-electron chi connectivity index (χ2n) is 14.3. The van der Waals surface area contributed by atoms with Crippen LogP contribution in [0, 0.1) is 0 Å². The van der Waals surface area contributed by atoms with Crippen LogP contribution in [0.1, 0.15) is 74.8 Å². The quantitative estimate of drug-likeness (QED) is 0.0675. The van der Waals surface area contributed by atoms with E-state index >= 15 is 0 Å². The third-order valence-electron chi connectivity index (χ3n) is 10.4. The van der Waals surface area contributed by atoms with Gasteiger partial charge in [-0.3, -0.25) is 24.0 Å². The minimum atomic E-state index is -0.835. The molecule has 0 aliphatic heterocycles. The maximum atomic E-state index is 13.9. The Morgan fingerprint density at radius 1 is 0.508 bits per heavy atom. The smallest absolute Gasteiger partial charge is 0.196 e. The molecule has 5 N–H and O–H groups in total. The van der Waals surface area contributed by atoms with E-state index in [1.165, 1.54) is 0 Å². The van der Waals surface area contributed by atoms with Crippen LogP contribution < -0.4 is 21.3 Å². The number of hydrogen-bond acceptors (Lipinski definition) is 10. The third-order valence-corrected chi connectivity index (χ3v) is 11.0. The SMILES string of the molecule is O=C(CCl)CNc1ccc(Nc2ccc(Cc3ccc(Nc4ccc(NCC(O)CCl)c5c4C(=O)c4ccccc4C5=O)cc3)cc2)c2c1C(=O)c1ccccc1C2=O. The molecular weight excluding hydrogens is 787 g/mol. The van der Waals surface area contributed by atoms with E-state index in [2.05, 4.69) is 21.3 Å². The summed E-state index contributed by atoms with van der Waals surface area (Å²) in [5.74, 6) is -1.56. The van der Waals surface area contributed by atoms with Gasteiger partial charge < -0.3 is 26.4 Å². The Morgan fingerprint density at radius 2 is 0.881 bits per heavy atom. The van der Waals surface area contributed by atoms with Gasteiger partial charge in [0.15, 0.2) is 28.9 Å². The van der Waals surface area contributed by atoms with Gasteiger partial charge in [0.05, 0.1) is 58.0 Å². The topological polar surface area (TPSA) is 154 Å². The molecule has 8 rings (SSSR count). The molecule has 0 saturated heterocycles. The molecule has 6 aromatic rings. The summed E-state index contributed by atoms with van der Waals surface area (Å²) in [6.45, 7) is 0.0291. The molecule has 2 aliphatic carbocycles. The Kier molecular flexibility index (Phi) is 11.1. The van der Waals surface area contributed by atoms with E-state index in [1.807, 2.05) is 48.5 Å². The monoisotopic (exact) mass is 822 g/mol. The van der Waals surface area contributed by atoms with Crippen molar-refractivity contribution in [1.29, 1.82) is 0 Å². The molecule has 0 aromatic heterocycles. The summed E-state index contributed by atoms with van der Waals surface area (Å²) in [5.41, 5.74) is 7.47. The predicted octanol–water partition coefficient (Wildman–Crippen LogP) is 8.55. The Morgan fingerprint density at radius 3 is 1.27 bits per heavy atom. The molecular formula is C47H36Cl2N4O6. The molecule has 1 atom stereocenters. The van der Waals surface area contributed by atoms with Crippen LogP contribution in [-0.4, -0.2) is 65.0 Å². The summed E-state index contributed by atoms with van der Waals surface area (Å²) in [5, 5.41) is 22.8. The van der Waals surface area contributed by atoms with Crippen LogP contribution in [0.15, 0.2) is 121 Å². The highest BCUT2D eigenvalue weighted by atomic mass is 35.5. The number of anilines is 6. The minimum absolute atomic E-state index is 0.0177. The van der Waals surface area contributed by atoms with E-state index in [1.54, 1.807) is 72.8 Å². The van der Waals surface area contributed by atoms with E-state index in [0.29, 0.717) is 57.1 Å². The van der Waals surface area contributed by atoms with Gasteiger partial charge in [-0.1, -0.05) is 72.8 Å². The number of nitrogens with one attached hydrogen (secondary N) is 4. The van der Waals surface area contributed by atoms with E-state index in [0.717, 1.165) is 16.8 Å². The molecule has 1 unspecified atom stereocenters. The van der Waals surface area contributed by atoms with Crippen molar-refractivity contribution < 1.29 is 29.1 Å². The minimum Gasteiger partial charge on any atom is -0.390 e.